The number of hydrogen-bond acceptors (Lipinski definition) is 5. The van der Waals surface area contributed by atoms with Crippen LogP contribution in [0.1, 0.15) is 12.0 Å². The monoisotopic (exact) mass is 464 g/mol. The van der Waals surface area contributed by atoms with Crippen molar-refractivity contribution in [3.8, 4) is 0 Å². The molecule has 5 nitrogen and oxygen atoms in total. The minimum atomic E-state index is -4.81. The lowest BCUT2D eigenvalue weighted by atomic mass is 9.84. The van der Waals surface area contributed by atoms with Gasteiger partial charge >= 0.3 is 6.18 Å². The van der Waals surface area contributed by atoms with Crippen molar-refractivity contribution < 1.29 is 26.7 Å². The van der Waals surface area contributed by atoms with Crippen LogP contribution in [0.3, 0.4) is 0 Å². The molecule has 0 amide bonds. The molecule has 0 bridgehead atoms. The third-order valence-electron chi connectivity index (χ3n) is 4.18. The smallest absolute Gasteiger partial charge is 0.425 e. The van der Waals surface area contributed by atoms with E-state index in [9.17, 15) is 22.0 Å². The quantitative estimate of drug-likeness (QED) is 0.513. The van der Waals surface area contributed by atoms with Crippen molar-refractivity contribution in [3.05, 3.63) is 52.5 Å². The molecule has 0 fully saturated rings. The summed E-state index contributed by atoms with van der Waals surface area (Å²) < 4.78 is 72.9. The second-order valence-corrected chi connectivity index (χ2v) is 6.97. The third kappa shape index (κ3) is 4.18. The Labute approximate surface area is 164 Å². The highest BCUT2D eigenvalue weighted by Crippen LogP contribution is 2.42. The van der Waals surface area contributed by atoms with E-state index in [2.05, 4.69) is 36.0 Å². The normalized spacial score (nSPS) is 22.4. The fourth-order valence-corrected chi connectivity index (χ4v) is 3.26. The Bertz CT molecular complexity index is 907. The van der Waals surface area contributed by atoms with Crippen LogP contribution in [0.25, 0.3) is 0 Å². The summed E-state index contributed by atoms with van der Waals surface area (Å²) in [5, 5.41) is 2.95. The third-order valence-corrected chi connectivity index (χ3v) is 4.61. The van der Waals surface area contributed by atoms with Crippen molar-refractivity contribution in [2.45, 2.75) is 24.2 Å². The fourth-order valence-electron chi connectivity index (χ4n) is 2.89. The maximum absolute atomic E-state index is 14.5. The van der Waals surface area contributed by atoms with E-state index in [4.69, 9.17) is 5.73 Å². The first-order valence-corrected chi connectivity index (χ1v) is 8.75. The van der Waals surface area contributed by atoms with E-state index in [1.54, 1.807) is 12.1 Å². The van der Waals surface area contributed by atoms with Gasteiger partial charge in [-0.2, -0.15) is 13.2 Å². The minimum absolute atomic E-state index is 0.325. The SMILES string of the molecule is NC1=NC(CF)(c2cc(Nc3ccnc(Br)c3)ccc2F)CC(C(F)(F)F)O1. The summed E-state index contributed by atoms with van der Waals surface area (Å²) in [6.45, 7) is -1.38. The van der Waals surface area contributed by atoms with Gasteiger partial charge in [0.25, 0.3) is 6.02 Å². The van der Waals surface area contributed by atoms with Gasteiger partial charge in [-0.25, -0.2) is 18.8 Å². The van der Waals surface area contributed by atoms with Gasteiger partial charge in [-0.05, 0) is 46.3 Å². The second kappa shape index (κ2) is 7.53. The zero-order valence-corrected chi connectivity index (χ0v) is 15.7. The van der Waals surface area contributed by atoms with Crippen molar-refractivity contribution in [3.63, 3.8) is 0 Å². The number of hydrogen-bond donors (Lipinski definition) is 2. The van der Waals surface area contributed by atoms with Gasteiger partial charge in [-0.3, -0.25) is 0 Å². The summed E-state index contributed by atoms with van der Waals surface area (Å²) in [7, 11) is 0. The van der Waals surface area contributed by atoms with E-state index < -0.39 is 42.8 Å². The van der Waals surface area contributed by atoms with Crippen LogP contribution in [-0.4, -0.2) is 30.0 Å². The van der Waals surface area contributed by atoms with Crippen LogP contribution in [0.4, 0.5) is 33.3 Å². The summed E-state index contributed by atoms with van der Waals surface area (Å²) in [4.78, 5) is 7.67. The first-order chi connectivity index (χ1) is 13.1. The molecule has 2 heterocycles. The van der Waals surface area contributed by atoms with Gasteiger partial charge in [0.15, 0.2) is 6.10 Å². The van der Waals surface area contributed by atoms with E-state index in [-0.39, 0.29) is 5.56 Å². The molecule has 28 heavy (non-hydrogen) atoms. The Morgan fingerprint density at radius 2 is 1.96 bits per heavy atom. The highest BCUT2D eigenvalue weighted by atomic mass is 79.9. The summed E-state index contributed by atoms with van der Waals surface area (Å²) >= 11 is 3.20. The van der Waals surface area contributed by atoms with Crippen molar-refractivity contribution in [2.24, 2.45) is 10.7 Å². The van der Waals surface area contributed by atoms with E-state index in [0.29, 0.717) is 16.0 Å². The Morgan fingerprint density at radius 1 is 1.25 bits per heavy atom. The molecule has 1 aliphatic rings. The molecule has 0 aliphatic carbocycles. The van der Waals surface area contributed by atoms with Crippen LogP contribution in [0, 0.1) is 5.82 Å². The molecule has 11 heteroatoms. The Morgan fingerprint density at radius 3 is 2.61 bits per heavy atom. The lowest BCUT2D eigenvalue weighted by Gasteiger charge is -2.36. The van der Waals surface area contributed by atoms with Crippen molar-refractivity contribution >= 4 is 33.3 Å². The molecule has 2 unspecified atom stereocenters. The number of aliphatic imine (C=N–C) groups is 1. The summed E-state index contributed by atoms with van der Waals surface area (Å²) in [6, 6.07) is 6.02. The number of aromatic nitrogens is 1. The number of alkyl halides is 4. The molecule has 3 rings (SSSR count). The van der Waals surface area contributed by atoms with Crippen LogP contribution in [0.5, 0.6) is 0 Å². The zero-order valence-electron chi connectivity index (χ0n) is 14.1. The zero-order chi connectivity index (χ0) is 20.5. The van der Waals surface area contributed by atoms with Crippen molar-refractivity contribution in [1.82, 2.24) is 4.98 Å². The van der Waals surface area contributed by atoms with Gasteiger partial charge in [0, 0.05) is 29.6 Å². The highest BCUT2D eigenvalue weighted by molar-refractivity contribution is 9.10. The summed E-state index contributed by atoms with van der Waals surface area (Å²) in [6.07, 6.45) is -6.63. The topological polar surface area (TPSA) is 72.5 Å². The number of ether oxygens (including phenoxy) is 1. The largest absolute Gasteiger partial charge is 0.452 e. The first-order valence-electron chi connectivity index (χ1n) is 7.96. The predicted octanol–water partition coefficient (Wildman–Crippen LogP) is 4.56. The molecule has 1 aromatic carbocycles. The Balaban J connectivity index is 2.01. The number of nitrogens with two attached hydrogens (primary N) is 1. The summed E-state index contributed by atoms with van der Waals surface area (Å²) in [5.41, 5.74) is 3.75. The first kappa shape index (κ1) is 20.3. The van der Waals surface area contributed by atoms with Gasteiger partial charge in [-0.1, -0.05) is 0 Å². The van der Waals surface area contributed by atoms with Gasteiger partial charge in [0.1, 0.15) is 22.6 Å². The van der Waals surface area contributed by atoms with Crippen LogP contribution >= 0.6 is 15.9 Å². The number of anilines is 2. The van der Waals surface area contributed by atoms with Gasteiger partial charge < -0.3 is 15.8 Å². The number of pyridine rings is 1. The number of rotatable bonds is 4. The Kier molecular flexibility index (Phi) is 5.46. The molecule has 0 spiro atoms. The lowest BCUT2D eigenvalue weighted by molar-refractivity contribution is -0.209. The predicted molar refractivity (Wildman–Crippen MR) is 96.4 cm³/mol. The second-order valence-electron chi connectivity index (χ2n) is 6.15. The van der Waals surface area contributed by atoms with Gasteiger partial charge in [-0.15, -0.1) is 0 Å². The molecule has 2 aromatic rings. The number of nitrogens with zero attached hydrogens (tertiary/aromatic N) is 2. The van der Waals surface area contributed by atoms with Crippen LogP contribution < -0.4 is 11.1 Å². The number of nitrogens with one attached hydrogen (secondary N) is 1. The van der Waals surface area contributed by atoms with Crippen LogP contribution in [0.2, 0.25) is 0 Å². The average Bonchev–Trinajstić information content (AvgIpc) is 2.62. The summed E-state index contributed by atoms with van der Waals surface area (Å²) in [5.74, 6) is -0.904. The van der Waals surface area contributed by atoms with Crippen molar-refractivity contribution in [1.29, 1.82) is 0 Å². The maximum Gasteiger partial charge on any atom is 0.425 e. The molecular formula is C17H14BrF5N4O. The van der Waals surface area contributed by atoms with Gasteiger partial charge in [0.05, 0.1) is 0 Å². The molecule has 150 valence electrons. The minimum Gasteiger partial charge on any atom is -0.452 e. The fraction of sp³-hybridized carbons (Fsp3) is 0.294. The molecule has 1 aliphatic heterocycles. The number of benzene rings is 1. The maximum atomic E-state index is 14.5. The average molecular weight is 465 g/mol. The Hall–Kier alpha value is -2.43. The number of halogens is 6. The van der Waals surface area contributed by atoms with Gasteiger partial charge in [0.2, 0.25) is 0 Å². The molecule has 1 aromatic heterocycles. The molecule has 2 atom stereocenters. The molecule has 0 radical (unpaired) electrons. The molecule has 0 saturated carbocycles. The van der Waals surface area contributed by atoms with Crippen molar-refractivity contribution in [2.75, 3.05) is 12.0 Å². The highest BCUT2D eigenvalue weighted by Gasteiger charge is 2.52. The van der Waals surface area contributed by atoms with E-state index in [1.807, 2.05) is 0 Å². The van der Waals surface area contributed by atoms with Crippen LogP contribution in [0.15, 0.2) is 46.1 Å². The molecule has 0 saturated heterocycles. The van der Waals surface area contributed by atoms with Crippen LogP contribution in [-0.2, 0) is 10.3 Å². The van der Waals surface area contributed by atoms with E-state index in [1.165, 1.54) is 18.3 Å². The molecular weight excluding hydrogens is 451 g/mol. The number of amidine groups is 1. The lowest BCUT2D eigenvalue weighted by Crippen LogP contribution is -2.48. The van der Waals surface area contributed by atoms with E-state index >= 15 is 0 Å². The van der Waals surface area contributed by atoms with E-state index in [0.717, 1.165) is 6.07 Å². The standard InChI is InChI=1S/C17H14BrF5N4O/c18-14-6-10(3-4-25-14)26-9-1-2-12(20)11(5-9)16(8-19)7-13(17(21,22)23)28-15(24)27-16/h1-6,13H,7-8H2,(H2,24,27)(H,25,26). The molecule has 3 N–H and O–H groups in total.